The number of thioether (sulfide) groups is 1. The summed E-state index contributed by atoms with van der Waals surface area (Å²) in [6.45, 7) is 2.14. The fourth-order valence-corrected chi connectivity index (χ4v) is 7.50. The molecule has 2 aliphatic rings. The first-order chi connectivity index (χ1) is 14.8. The van der Waals surface area contributed by atoms with Gasteiger partial charge in [-0.2, -0.15) is 0 Å². The zero-order chi connectivity index (χ0) is 22.0. The van der Waals surface area contributed by atoms with Crippen LogP contribution in [0.4, 0.5) is 5.69 Å². The lowest BCUT2D eigenvalue weighted by molar-refractivity contribution is -0.123. The lowest BCUT2D eigenvalue weighted by Crippen LogP contribution is -2.43. The molecule has 4 rings (SSSR count). The number of thiazole rings is 1. The number of fused-ring (bicyclic) bond motifs is 1. The topological polar surface area (TPSA) is 120 Å². The van der Waals surface area contributed by atoms with Gasteiger partial charge in [-0.15, -0.1) is 11.3 Å². The van der Waals surface area contributed by atoms with Crippen LogP contribution in [0, 0.1) is 5.92 Å². The van der Waals surface area contributed by atoms with Crippen LogP contribution >= 0.6 is 23.1 Å². The number of aromatic nitrogens is 1. The lowest BCUT2D eigenvalue weighted by atomic mass is 10.1. The number of rotatable bonds is 7. The molecule has 2 amide bonds. The highest BCUT2D eigenvalue weighted by Crippen LogP contribution is 2.32. The maximum atomic E-state index is 12.4. The van der Waals surface area contributed by atoms with Gasteiger partial charge in [0.25, 0.3) is 0 Å². The molecule has 0 saturated carbocycles. The van der Waals surface area contributed by atoms with Crippen molar-refractivity contribution in [2.75, 3.05) is 37.1 Å². The predicted molar refractivity (Wildman–Crippen MR) is 123 cm³/mol. The van der Waals surface area contributed by atoms with E-state index in [1.807, 2.05) is 13.1 Å². The highest BCUT2D eigenvalue weighted by molar-refractivity contribution is 8.12. The van der Waals surface area contributed by atoms with Crippen LogP contribution < -0.4 is 15.4 Å². The Morgan fingerprint density at radius 2 is 2.13 bits per heavy atom. The molecule has 0 radical (unpaired) electrons. The first-order valence-electron chi connectivity index (χ1n) is 10.1. The Morgan fingerprint density at radius 1 is 1.35 bits per heavy atom. The van der Waals surface area contributed by atoms with Crippen LogP contribution in [0.2, 0.25) is 0 Å². The molecule has 31 heavy (non-hydrogen) atoms. The van der Waals surface area contributed by atoms with E-state index in [0.29, 0.717) is 16.6 Å². The molecule has 0 bridgehead atoms. The van der Waals surface area contributed by atoms with Crippen molar-refractivity contribution in [2.45, 2.75) is 29.6 Å². The van der Waals surface area contributed by atoms with Gasteiger partial charge in [-0.1, -0.05) is 11.8 Å². The Balaban J connectivity index is 1.34. The SMILES string of the molecule is CN1CCC(NS(=O)(=O)CSc2nc3ccc(NC(=O)C4CNC(=O)C4)cc3s2)CC1. The minimum Gasteiger partial charge on any atom is -0.355 e. The molecule has 1 unspecified atom stereocenters. The predicted octanol–water partition coefficient (Wildman–Crippen LogP) is 1.43. The van der Waals surface area contributed by atoms with Gasteiger partial charge in [0.05, 0.1) is 16.1 Å². The Hall–Kier alpha value is -1.73. The van der Waals surface area contributed by atoms with Crippen molar-refractivity contribution in [3.8, 4) is 0 Å². The van der Waals surface area contributed by atoms with Gasteiger partial charge in [0.15, 0.2) is 4.34 Å². The fraction of sp³-hybridized carbons (Fsp3) is 0.526. The molecule has 9 nitrogen and oxygen atoms in total. The highest BCUT2D eigenvalue weighted by atomic mass is 32.3. The highest BCUT2D eigenvalue weighted by Gasteiger charge is 2.28. The summed E-state index contributed by atoms with van der Waals surface area (Å²) in [4.78, 5) is 30.3. The van der Waals surface area contributed by atoms with Gasteiger partial charge >= 0.3 is 0 Å². The number of amides is 2. The third-order valence-corrected chi connectivity index (χ3v) is 9.55. The Labute approximate surface area is 189 Å². The van der Waals surface area contributed by atoms with Crippen molar-refractivity contribution in [1.29, 1.82) is 0 Å². The first kappa shape index (κ1) is 22.5. The summed E-state index contributed by atoms with van der Waals surface area (Å²) in [5, 5.41) is 5.42. The zero-order valence-corrected chi connectivity index (χ0v) is 19.5. The van der Waals surface area contributed by atoms with Crippen LogP contribution in [0.3, 0.4) is 0 Å². The number of anilines is 1. The van der Waals surface area contributed by atoms with Crippen molar-refractivity contribution in [1.82, 2.24) is 19.9 Å². The molecule has 1 aromatic heterocycles. The quantitative estimate of drug-likeness (QED) is 0.510. The summed E-state index contributed by atoms with van der Waals surface area (Å²) < 4.78 is 29.2. The molecule has 0 spiro atoms. The van der Waals surface area contributed by atoms with E-state index < -0.39 is 10.0 Å². The summed E-state index contributed by atoms with van der Waals surface area (Å²) in [6, 6.07) is 5.38. The van der Waals surface area contributed by atoms with Crippen LogP contribution in [0.15, 0.2) is 22.5 Å². The molecule has 2 aliphatic heterocycles. The second-order valence-electron chi connectivity index (χ2n) is 7.93. The van der Waals surface area contributed by atoms with E-state index in [9.17, 15) is 18.0 Å². The number of sulfonamides is 1. The van der Waals surface area contributed by atoms with Gasteiger partial charge in [-0.25, -0.2) is 18.1 Å². The van der Waals surface area contributed by atoms with E-state index in [4.69, 9.17) is 0 Å². The van der Waals surface area contributed by atoms with Gasteiger partial charge in [0.2, 0.25) is 21.8 Å². The summed E-state index contributed by atoms with van der Waals surface area (Å²) >= 11 is 2.59. The number of hydrogen-bond donors (Lipinski definition) is 3. The van der Waals surface area contributed by atoms with E-state index in [0.717, 1.165) is 36.1 Å². The molecule has 3 heterocycles. The number of carbonyl (C=O) groups excluding carboxylic acids is 2. The average Bonchev–Trinajstić information content (AvgIpc) is 3.34. The van der Waals surface area contributed by atoms with Crippen LogP contribution in [0.25, 0.3) is 10.2 Å². The molecule has 1 aromatic carbocycles. The number of benzene rings is 1. The number of piperidine rings is 1. The van der Waals surface area contributed by atoms with Gasteiger partial charge in [0.1, 0.15) is 5.08 Å². The largest absolute Gasteiger partial charge is 0.355 e. The van der Waals surface area contributed by atoms with Crippen LogP contribution in [0.1, 0.15) is 19.3 Å². The van der Waals surface area contributed by atoms with Crippen molar-refractivity contribution in [3.05, 3.63) is 18.2 Å². The van der Waals surface area contributed by atoms with Crippen LogP contribution in [-0.4, -0.2) is 67.9 Å². The Kier molecular flexibility index (Phi) is 6.82. The van der Waals surface area contributed by atoms with Gasteiger partial charge in [-0.3, -0.25) is 9.59 Å². The van der Waals surface area contributed by atoms with Gasteiger partial charge < -0.3 is 15.5 Å². The monoisotopic (exact) mass is 483 g/mol. The molecule has 2 aromatic rings. The standard InChI is InChI=1S/C19H25N5O4S3/c1-24-6-4-13(5-7-24)23-31(27,28)11-29-19-22-15-3-2-14(9-16(15)30-19)21-18(26)12-8-17(25)20-10-12/h2-3,9,12-13,23H,4-8,10-11H2,1H3,(H,20,25)(H,21,26). The lowest BCUT2D eigenvalue weighted by Gasteiger charge is -2.29. The Bertz CT molecular complexity index is 1080. The molecule has 168 valence electrons. The number of likely N-dealkylation sites (tertiary alicyclic amines) is 1. The summed E-state index contributed by atoms with van der Waals surface area (Å²) in [6.07, 6.45) is 1.84. The minimum atomic E-state index is -3.40. The molecule has 2 fully saturated rings. The molecule has 1 atom stereocenters. The van der Waals surface area contributed by atoms with E-state index in [2.05, 4.69) is 25.2 Å². The van der Waals surface area contributed by atoms with Crippen LogP contribution in [0.5, 0.6) is 0 Å². The number of hydrogen-bond acceptors (Lipinski definition) is 8. The third kappa shape index (κ3) is 5.95. The molecule has 0 aliphatic carbocycles. The zero-order valence-electron chi connectivity index (χ0n) is 17.1. The number of nitrogens with zero attached hydrogens (tertiary/aromatic N) is 2. The minimum absolute atomic E-state index is 0.00584. The molecule has 12 heteroatoms. The number of nitrogens with one attached hydrogen (secondary N) is 3. The van der Waals surface area contributed by atoms with Crippen molar-refractivity contribution in [2.24, 2.45) is 5.92 Å². The fourth-order valence-electron chi connectivity index (χ4n) is 3.62. The smallest absolute Gasteiger partial charge is 0.229 e. The second kappa shape index (κ2) is 9.41. The van der Waals surface area contributed by atoms with E-state index in [1.165, 1.54) is 23.1 Å². The Morgan fingerprint density at radius 3 is 2.84 bits per heavy atom. The van der Waals surface area contributed by atoms with Gasteiger partial charge in [0, 0.05) is 24.7 Å². The summed E-state index contributed by atoms with van der Waals surface area (Å²) in [5.74, 6) is -0.666. The molecular weight excluding hydrogens is 458 g/mol. The van der Waals surface area contributed by atoms with E-state index in [-0.39, 0.29) is 35.3 Å². The maximum Gasteiger partial charge on any atom is 0.229 e. The maximum absolute atomic E-state index is 12.4. The van der Waals surface area contributed by atoms with E-state index in [1.54, 1.807) is 12.1 Å². The normalized spacial score (nSPS) is 20.8. The molecule has 3 N–H and O–H groups in total. The second-order valence-corrected chi connectivity index (χ2v) is 12.3. The van der Waals surface area contributed by atoms with Gasteiger partial charge in [-0.05, 0) is 51.2 Å². The average molecular weight is 484 g/mol. The van der Waals surface area contributed by atoms with Crippen molar-refractivity contribution in [3.63, 3.8) is 0 Å². The first-order valence-corrected chi connectivity index (χ1v) is 13.5. The van der Waals surface area contributed by atoms with E-state index >= 15 is 0 Å². The number of carbonyl (C=O) groups is 2. The van der Waals surface area contributed by atoms with Crippen molar-refractivity contribution < 1.29 is 18.0 Å². The molecular formula is C19H25N5O4S3. The van der Waals surface area contributed by atoms with Crippen molar-refractivity contribution >= 4 is 60.8 Å². The summed E-state index contributed by atoms with van der Waals surface area (Å²) in [5.41, 5.74) is 1.39. The third-order valence-electron chi connectivity index (χ3n) is 5.39. The molecule has 2 saturated heterocycles. The summed E-state index contributed by atoms with van der Waals surface area (Å²) in [7, 11) is -1.36. The van der Waals surface area contributed by atoms with Crippen LogP contribution in [-0.2, 0) is 19.6 Å².